The largest absolute Gasteiger partial charge is 0.394 e. The van der Waals surface area contributed by atoms with Crippen molar-refractivity contribution in [3.63, 3.8) is 0 Å². The van der Waals surface area contributed by atoms with Gasteiger partial charge < -0.3 is 11.5 Å². The van der Waals surface area contributed by atoms with Crippen molar-refractivity contribution in [3.8, 4) is 0 Å². The minimum Gasteiger partial charge on any atom is -0.370 e. The monoisotopic (exact) mass is 273 g/mol. The van der Waals surface area contributed by atoms with Crippen molar-refractivity contribution in [2.75, 3.05) is 6.54 Å². The maximum Gasteiger partial charge on any atom is 0.394 e. The third kappa shape index (κ3) is 14.1. The molecule has 0 saturated heterocycles. The van der Waals surface area contributed by atoms with Crippen LogP contribution in [0, 0.1) is 0 Å². The Morgan fingerprint density at radius 2 is 1.72 bits per heavy atom. The molecule has 7 nitrogen and oxygen atoms in total. The van der Waals surface area contributed by atoms with Gasteiger partial charge in [0.05, 0.1) is 6.54 Å². The van der Waals surface area contributed by atoms with Crippen molar-refractivity contribution in [2.45, 2.75) is 0 Å². The van der Waals surface area contributed by atoms with Gasteiger partial charge in [-0.2, -0.15) is 8.42 Å². The molecular formula is C10H15N3O4S. The minimum atomic E-state index is -4.67. The van der Waals surface area contributed by atoms with E-state index in [4.69, 9.17) is 29.0 Å². The highest BCUT2D eigenvalue weighted by molar-refractivity contribution is 7.79. The summed E-state index contributed by atoms with van der Waals surface area (Å²) < 4.78 is 31.6. The van der Waals surface area contributed by atoms with Crippen LogP contribution in [-0.2, 0) is 10.4 Å². The first kappa shape index (κ1) is 16.1. The summed E-state index contributed by atoms with van der Waals surface area (Å²) in [5.74, 6) is 0.123. The molecule has 0 bridgehead atoms. The van der Waals surface area contributed by atoms with E-state index in [9.17, 15) is 0 Å². The van der Waals surface area contributed by atoms with Crippen LogP contribution in [0.4, 0.5) is 0 Å². The van der Waals surface area contributed by atoms with E-state index < -0.39 is 10.4 Å². The number of nitrogens with zero attached hydrogens (tertiary/aromatic N) is 1. The molecule has 8 heteroatoms. The molecule has 0 amide bonds. The van der Waals surface area contributed by atoms with Crippen LogP contribution in [0.2, 0.25) is 0 Å². The Labute approximate surface area is 105 Å². The second-order valence-electron chi connectivity index (χ2n) is 3.03. The van der Waals surface area contributed by atoms with Gasteiger partial charge in [-0.1, -0.05) is 42.5 Å². The lowest BCUT2D eigenvalue weighted by atomic mass is 10.2. The molecule has 1 aromatic carbocycles. The van der Waals surface area contributed by atoms with Crippen LogP contribution in [0.25, 0.3) is 6.08 Å². The molecule has 0 radical (unpaired) electrons. The van der Waals surface area contributed by atoms with E-state index >= 15 is 0 Å². The molecule has 0 aliphatic rings. The molecule has 0 atom stereocenters. The van der Waals surface area contributed by atoms with Crippen LogP contribution in [-0.4, -0.2) is 30.0 Å². The van der Waals surface area contributed by atoms with Gasteiger partial charge in [-0.15, -0.1) is 0 Å². The first-order valence-electron chi connectivity index (χ1n) is 4.76. The van der Waals surface area contributed by atoms with Crippen molar-refractivity contribution in [1.82, 2.24) is 0 Å². The number of guanidine groups is 1. The van der Waals surface area contributed by atoms with Crippen molar-refractivity contribution in [3.05, 3.63) is 42.0 Å². The zero-order valence-electron chi connectivity index (χ0n) is 9.47. The fraction of sp³-hybridized carbons (Fsp3) is 0.100. The third-order valence-corrected chi connectivity index (χ3v) is 1.49. The Kier molecular flexibility index (Phi) is 7.36. The van der Waals surface area contributed by atoms with Crippen molar-refractivity contribution in [2.24, 2.45) is 16.5 Å². The summed E-state index contributed by atoms with van der Waals surface area (Å²) >= 11 is 0. The molecule has 0 unspecified atom stereocenters. The van der Waals surface area contributed by atoms with E-state index in [0.29, 0.717) is 6.54 Å². The standard InChI is InChI=1S/C10H13N3.H2O4S/c11-10(12)13-8-4-7-9-5-2-1-3-6-9;1-5(2,3)4/h1-7H,8H2,(H4,11,12,13);(H2,1,2,3,4)/b7-4-;. The zero-order valence-corrected chi connectivity index (χ0v) is 10.3. The Hall–Kier alpha value is -1.90. The highest BCUT2D eigenvalue weighted by Gasteiger charge is 1.84. The molecular weight excluding hydrogens is 258 g/mol. The van der Waals surface area contributed by atoms with Crippen molar-refractivity contribution < 1.29 is 17.5 Å². The maximum absolute atomic E-state index is 8.74. The lowest BCUT2D eigenvalue weighted by molar-refractivity contribution is 0.381. The van der Waals surface area contributed by atoms with Crippen LogP contribution in [0.5, 0.6) is 0 Å². The maximum atomic E-state index is 8.74. The second kappa shape index (κ2) is 8.23. The first-order valence-corrected chi connectivity index (χ1v) is 6.15. The molecule has 0 aliphatic carbocycles. The van der Waals surface area contributed by atoms with Gasteiger partial charge in [0.1, 0.15) is 0 Å². The molecule has 0 aromatic heterocycles. The van der Waals surface area contributed by atoms with Gasteiger partial charge in [0, 0.05) is 0 Å². The lowest BCUT2D eigenvalue weighted by Crippen LogP contribution is -2.22. The van der Waals surface area contributed by atoms with Crippen molar-refractivity contribution >= 4 is 22.4 Å². The molecule has 18 heavy (non-hydrogen) atoms. The molecule has 0 aliphatic heterocycles. The number of hydrogen-bond acceptors (Lipinski definition) is 3. The van der Waals surface area contributed by atoms with E-state index in [1.54, 1.807) is 0 Å². The van der Waals surface area contributed by atoms with Gasteiger partial charge in [0.2, 0.25) is 0 Å². The van der Waals surface area contributed by atoms with E-state index in [-0.39, 0.29) is 5.96 Å². The van der Waals surface area contributed by atoms with Gasteiger partial charge in [-0.25, -0.2) is 4.99 Å². The van der Waals surface area contributed by atoms with E-state index in [1.807, 2.05) is 42.5 Å². The van der Waals surface area contributed by atoms with Gasteiger partial charge in [-0.05, 0) is 5.56 Å². The summed E-state index contributed by atoms with van der Waals surface area (Å²) in [7, 11) is -4.67. The Morgan fingerprint density at radius 3 is 2.17 bits per heavy atom. The third-order valence-electron chi connectivity index (χ3n) is 1.49. The van der Waals surface area contributed by atoms with E-state index in [2.05, 4.69) is 4.99 Å². The molecule has 0 heterocycles. The van der Waals surface area contributed by atoms with Crippen LogP contribution >= 0.6 is 0 Å². The normalized spacial score (nSPS) is 10.6. The summed E-state index contributed by atoms with van der Waals surface area (Å²) in [4.78, 5) is 3.83. The highest BCUT2D eigenvalue weighted by atomic mass is 32.3. The van der Waals surface area contributed by atoms with Gasteiger partial charge in [-0.3, -0.25) is 9.11 Å². The molecule has 0 fully saturated rings. The number of nitrogens with two attached hydrogens (primary N) is 2. The molecule has 1 rings (SSSR count). The Balaban J connectivity index is 0.000000494. The Morgan fingerprint density at radius 1 is 1.22 bits per heavy atom. The lowest BCUT2D eigenvalue weighted by Gasteiger charge is -1.90. The van der Waals surface area contributed by atoms with Crippen LogP contribution in [0.15, 0.2) is 41.4 Å². The average molecular weight is 273 g/mol. The topological polar surface area (TPSA) is 139 Å². The second-order valence-corrected chi connectivity index (χ2v) is 3.92. The fourth-order valence-electron chi connectivity index (χ4n) is 0.911. The van der Waals surface area contributed by atoms with E-state index in [0.717, 1.165) is 5.56 Å². The predicted octanol–water partition coefficient (Wildman–Crippen LogP) is 0.320. The Bertz CT molecular complexity index is 485. The van der Waals surface area contributed by atoms with Crippen molar-refractivity contribution in [1.29, 1.82) is 0 Å². The first-order chi connectivity index (χ1) is 8.29. The van der Waals surface area contributed by atoms with Crippen LogP contribution in [0.3, 0.4) is 0 Å². The summed E-state index contributed by atoms with van der Waals surface area (Å²) in [5, 5.41) is 0. The summed E-state index contributed by atoms with van der Waals surface area (Å²) in [5.41, 5.74) is 11.5. The van der Waals surface area contributed by atoms with Gasteiger partial charge in [0.15, 0.2) is 5.96 Å². The average Bonchev–Trinajstić information content (AvgIpc) is 2.23. The van der Waals surface area contributed by atoms with Gasteiger partial charge in [0.25, 0.3) is 0 Å². The predicted molar refractivity (Wildman–Crippen MR) is 70.3 cm³/mol. The number of hydrogen-bond donors (Lipinski definition) is 4. The number of rotatable bonds is 3. The smallest absolute Gasteiger partial charge is 0.370 e. The summed E-state index contributed by atoms with van der Waals surface area (Å²) in [6.07, 6.45) is 3.89. The van der Waals surface area contributed by atoms with Gasteiger partial charge >= 0.3 is 10.4 Å². The van der Waals surface area contributed by atoms with Crippen LogP contribution in [0.1, 0.15) is 5.56 Å². The molecule has 100 valence electrons. The van der Waals surface area contributed by atoms with E-state index in [1.165, 1.54) is 0 Å². The summed E-state index contributed by atoms with van der Waals surface area (Å²) in [6.45, 7) is 0.525. The summed E-state index contributed by atoms with van der Waals surface area (Å²) in [6, 6.07) is 9.99. The van der Waals surface area contributed by atoms with Crippen LogP contribution < -0.4 is 11.5 Å². The molecule has 1 aromatic rings. The fourth-order valence-corrected chi connectivity index (χ4v) is 0.911. The molecule has 0 spiro atoms. The molecule has 0 saturated carbocycles. The molecule has 6 N–H and O–H groups in total. The highest BCUT2D eigenvalue weighted by Crippen LogP contribution is 2.00. The number of benzene rings is 1. The SMILES string of the molecule is NC(N)=NC/C=C\c1ccccc1.O=S(=O)(O)O. The zero-order chi connectivity index (χ0) is 14.0. The number of aliphatic imine (C=N–C) groups is 1. The quantitative estimate of drug-likeness (QED) is 0.355. The minimum absolute atomic E-state index is 0.123.